The van der Waals surface area contributed by atoms with Crippen LogP contribution in [-0.4, -0.2) is 87.2 Å². The number of para-hydroxylation sites is 1. The van der Waals surface area contributed by atoms with Gasteiger partial charge in [0.15, 0.2) is 5.82 Å². The minimum absolute atomic E-state index is 0.191. The number of aromatic hydroxyl groups is 1. The van der Waals surface area contributed by atoms with E-state index in [0.29, 0.717) is 30.3 Å². The number of ether oxygens (including phenoxy) is 1. The maximum atomic E-state index is 12.3. The molecule has 42 heavy (non-hydrogen) atoms. The number of allylic oxidation sites excluding steroid dienone is 1. The van der Waals surface area contributed by atoms with Crippen LogP contribution in [0.15, 0.2) is 48.8 Å². The molecule has 2 aromatic heterocycles. The lowest BCUT2D eigenvalue weighted by Gasteiger charge is -2.45. The number of amides is 1. The minimum Gasteiger partial charge on any atom is -0.507 e. The summed E-state index contributed by atoms with van der Waals surface area (Å²) in [5.41, 5.74) is 2.81. The number of fused-ring (bicyclic) bond motifs is 3. The standard InChI is InChI=1S/C31H38N8O3/c1-31(2,3)42-30(41)37-12-10-21(11-13-37)8-9-22-17-33-29(34-18-22)38-14-15-39-23(20-38)19-32-28-26(39)16-25(35-36-28)24-6-4-5-7-27(24)40/h4-9,16-18,21,23,40H,10-15,19-20H2,1-3H3,(H,32,36)/b9-8+/t23-/m1/s1. The molecule has 220 valence electrons. The smallest absolute Gasteiger partial charge is 0.410 e. The van der Waals surface area contributed by atoms with E-state index in [0.717, 1.165) is 62.0 Å². The Kier molecular flexibility index (Phi) is 7.57. The summed E-state index contributed by atoms with van der Waals surface area (Å²) in [5.74, 6) is 2.10. The molecule has 5 heterocycles. The third-order valence-electron chi connectivity index (χ3n) is 7.94. The van der Waals surface area contributed by atoms with Crippen LogP contribution in [0, 0.1) is 5.92 Å². The molecule has 2 N–H and O–H groups in total. The highest BCUT2D eigenvalue weighted by Gasteiger charge is 2.34. The van der Waals surface area contributed by atoms with E-state index in [4.69, 9.17) is 4.74 Å². The van der Waals surface area contributed by atoms with Crippen molar-refractivity contribution in [2.75, 3.05) is 54.4 Å². The number of nitrogens with zero attached hydrogens (tertiary/aromatic N) is 7. The number of hydrogen-bond acceptors (Lipinski definition) is 10. The van der Waals surface area contributed by atoms with Gasteiger partial charge in [0, 0.05) is 62.8 Å². The molecule has 1 amide bonds. The van der Waals surface area contributed by atoms with Crippen molar-refractivity contribution in [1.82, 2.24) is 25.1 Å². The zero-order valence-corrected chi connectivity index (χ0v) is 24.4. The molecule has 0 aliphatic carbocycles. The second kappa shape index (κ2) is 11.5. The van der Waals surface area contributed by atoms with Gasteiger partial charge in [-0.1, -0.05) is 24.3 Å². The first-order valence-electron chi connectivity index (χ1n) is 14.6. The van der Waals surface area contributed by atoms with Gasteiger partial charge in [-0.2, -0.15) is 0 Å². The highest BCUT2D eigenvalue weighted by Crippen LogP contribution is 2.36. The maximum absolute atomic E-state index is 12.3. The van der Waals surface area contributed by atoms with Crippen molar-refractivity contribution in [1.29, 1.82) is 0 Å². The number of nitrogens with one attached hydrogen (secondary N) is 1. The van der Waals surface area contributed by atoms with E-state index in [9.17, 15) is 9.90 Å². The Morgan fingerprint density at radius 1 is 1.07 bits per heavy atom. The Morgan fingerprint density at radius 2 is 1.83 bits per heavy atom. The van der Waals surface area contributed by atoms with E-state index in [-0.39, 0.29) is 17.9 Å². The summed E-state index contributed by atoms with van der Waals surface area (Å²) in [4.78, 5) is 28.1. The fraction of sp³-hybridized carbons (Fsp3) is 0.452. The number of phenols is 1. The number of aromatic nitrogens is 4. The summed E-state index contributed by atoms with van der Waals surface area (Å²) in [6.45, 7) is 10.2. The minimum atomic E-state index is -0.472. The SMILES string of the molecule is CC(C)(C)OC(=O)N1CCC(/C=C/c2cnc(N3CCN4c5cc(-c6ccccc6O)nnc5NC[C@@H]4C3)nc2)CC1. The van der Waals surface area contributed by atoms with Crippen LogP contribution in [0.1, 0.15) is 39.2 Å². The third kappa shape index (κ3) is 6.09. The second-order valence-corrected chi connectivity index (χ2v) is 12.1. The Balaban J connectivity index is 1.05. The number of carbonyl (C=O) groups is 1. The first-order valence-corrected chi connectivity index (χ1v) is 14.6. The van der Waals surface area contributed by atoms with Gasteiger partial charge in [0.25, 0.3) is 0 Å². The van der Waals surface area contributed by atoms with E-state index < -0.39 is 5.60 Å². The molecule has 2 saturated heterocycles. The Labute approximate surface area is 246 Å². The van der Waals surface area contributed by atoms with Gasteiger partial charge in [0.2, 0.25) is 5.95 Å². The van der Waals surface area contributed by atoms with Gasteiger partial charge in [0.1, 0.15) is 11.4 Å². The van der Waals surface area contributed by atoms with Gasteiger partial charge in [-0.3, -0.25) is 0 Å². The molecule has 0 radical (unpaired) electrons. The predicted octanol–water partition coefficient (Wildman–Crippen LogP) is 4.42. The van der Waals surface area contributed by atoms with Crippen LogP contribution in [0.3, 0.4) is 0 Å². The molecule has 0 unspecified atom stereocenters. The lowest BCUT2D eigenvalue weighted by Crippen LogP contribution is -2.58. The van der Waals surface area contributed by atoms with Crippen LogP contribution in [0.2, 0.25) is 0 Å². The Hall–Kier alpha value is -4.41. The van der Waals surface area contributed by atoms with Gasteiger partial charge in [-0.15, -0.1) is 10.2 Å². The summed E-state index contributed by atoms with van der Waals surface area (Å²) < 4.78 is 5.50. The fourth-order valence-corrected chi connectivity index (χ4v) is 5.72. The Bertz CT molecular complexity index is 1450. The number of rotatable bonds is 4. The lowest BCUT2D eigenvalue weighted by atomic mass is 9.96. The van der Waals surface area contributed by atoms with Crippen molar-refractivity contribution in [3.8, 4) is 17.0 Å². The van der Waals surface area contributed by atoms with Crippen molar-refractivity contribution < 1.29 is 14.6 Å². The number of carbonyl (C=O) groups excluding carboxylic acids is 1. The molecule has 0 spiro atoms. The number of phenolic OH excluding ortho intramolecular Hbond substituents is 1. The van der Waals surface area contributed by atoms with Gasteiger partial charge < -0.3 is 29.9 Å². The average molecular weight is 571 g/mol. The zero-order chi connectivity index (χ0) is 29.3. The van der Waals surface area contributed by atoms with Gasteiger partial charge in [-0.25, -0.2) is 14.8 Å². The normalized spacial score (nSPS) is 19.3. The lowest BCUT2D eigenvalue weighted by molar-refractivity contribution is 0.0197. The van der Waals surface area contributed by atoms with Crippen LogP contribution in [-0.2, 0) is 4.74 Å². The molecule has 1 atom stereocenters. The molecular weight excluding hydrogens is 532 g/mol. The Morgan fingerprint density at radius 3 is 2.57 bits per heavy atom. The van der Waals surface area contributed by atoms with Crippen LogP contribution in [0.5, 0.6) is 5.75 Å². The molecule has 3 aliphatic rings. The van der Waals surface area contributed by atoms with Crippen molar-refractivity contribution in [3.05, 3.63) is 54.4 Å². The first kappa shape index (κ1) is 27.7. The molecule has 11 nitrogen and oxygen atoms in total. The second-order valence-electron chi connectivity index (χ2n) is 12.1. The first-order chi connectivity index (χ1) is 20.2. The summed E-state index contributed by atoms with van der Waals surface area (Å²) in [5, 5.41) is 22.5. The zero-order valence-electron chi connectivity index (χ0n) is 24.4. The maximum Gasteiger partial charge on any atom is 0.410 e. The molecule has 3 aliphatic heterocycles. The van der Waals surface area contributed by atoms with Crippen molar-refractivity contribution in [2.24, 2.45) is 5.92 Å². The van der Waals surface area contributed by atoms with Gasteiger partial charge in [0.05, 0.1) is 17.4 Å². The molecule has 1 aromatic carbocycles. The van der Waals surface area contributed by atoms with Crippen molar-refractivity contribution in [2.45, 2.75) is 45.3 Å². The van der Waals surface area contributed by atoms with E-state index >= 15 is 0 Å². The van der Waals surface area contributed by atoms with Crippen molar-refractivity contribution >= 4 is 29.6 Å². The third-order valence-corrected chi connectivity index (χ3v) is 7.94. The molecule has 3 aromatic rings. The van der Waals surface area contributed by atoms with E-state index in [1.165, 1.54) is 0 Å². The van der Waals surface area contributed by atoms with Gasteiger partial charge >= 0.3 is 6.09 Å². The monoisotopic (exact) mass is 570 g/mol. The molecule has 11 heteroatoms. The topological polar surface area (TPSA) is 120 Å². The molecule has 2 fully saturated rings. The predicted molar refractivity (Wildman–Crippen MR) is 163 cm³/mol. The molecule has 0 bridgehead atoms. The number of piperidine rings is 1. The van der Waals surface area contributed by atoms with Gasteiger partial charge in [-0.05, 0) is 57.7 Å². The largest absolute Gasteiger partial charge is 0.507 e. The van der Waals surface area contributed by atoms with E-state index in [1.54, 1.807) is 17.0 Å². The number of hydrogen-bond donors (Lipinski definition) is 2. The van der Waals surface area contributed by atoms with Crippen LogP contribution >= 0.6 is 0 Å². The van der Waals surface area contributed by atoms with Crippen LogP contribution in [0.4, 0.5) is 22.2 Å². The number of benzene rings is 1. The van der Waals surface area contributed by atoms with E-state index in [1.807, 2.05) is 51.4 Å². The quantitative estimate of drug-likeness (QED) is 0.466. The number of piperazine rings is 1. The average Bonchev–Trinajstić information content (AvgIpc) is 2.99. The van der Waals surface area contributed by atoms with E-state index in [2.05, 4.69) is 47.4 Å². The summed E-state index contributed by atoms with van der Waals surface area (Å²) in [6.07, 6.45) is 9.65. The molecular formula is C31H38N8O3. The summed E-state index contributed by atoms with van der Waals surface area (Å²) in [7, 11) is 0. The van der Waals surface area contributed by atoms with Crippen molar-refractivity contribution in [3.63, 3.8) is 0 Å². The fourth-order valence-electron chi connectivity index (χ4n) is 5.72. The molecule has 0 saturated carbocycles. The number of likely N-dealkylation sites (tertiary alicyclic amines) is 1. The number of anilines is 3. The molecule has 6 rings (SSSR count). The van der Waals surface area contributed by atoms with Crippen LogP contribution < -0.4 is 15.1 Å². The summed E-state index contributed by atoms with van der Waals surface area (Å²) >= 11 is 0. The highest BCUT2D eigenvalue weighted by atomic mass is 16.6. The highest BCUT2D eigenvalue weighted by molar-refractivity contribution is 5.76. The van der Waals surface area contributed by atoms with Crippen LogP contribution in [0.25, 0.3) is 17.3 Å². The summed E-state index contributed by atoms with van der Waals surface area (Å²) in [6, 6.07) is 9.42.